The molecular formula is C13H11ClN2O2. The molecule has 2 aromatic carbocycles. The number of azo groups is 1. The third kappa shape index (κ3) is 2.78. The molecule has 0 atom stereocenters. The molecule has 0 radical (unpaired) electrons. The van der Waals surface area contributed by atoms with Gasteiger partial charge in [0.1, 0.15) is 22.9 Å². The fraction of sp³-hybridized carbons (Fsp3) is 0.0769. The minimum Gasteiger partial charge on any atom is -0.506 e. The Balaban J connectivity index is 2.33. The van der Waals surface area contributed by atoms with E-state index < -0.39 is 0 Å². The summed E-state index contributed by atoms with van der Waals surface area (Å²) in [6.07, 6.45) is 0. The molecule has 0 saturated carbocycles. The summed E-state index contributed by atoms with van der Waals surface area (Å²) in [5, 5.41) is 18.1. The van der Waals surface area contributed by atoms with Crippen LogP contribution in [0.1, 0.15) is 0 Å². The molecule has 0 saturated heterocycles. The van der Waals surface area contributed by atoms with Crippen molar-refractivity contribution in [3.8, 4) is 11.5 Å². The molecule has 2 rings (SSSR count). The second-order valence-corrected chi connectivity index (χ2v) is 3.94. The fourth-order valence-electron chi connectivity index (χ4n) is 1.40. The summed E-state index contributed by atoms with van der Waals surface area (Å²) >= 11 is 5.82. The molecule has 5 heteroatoms. The minimum atomic E-state index is 0.0260. The van der Waals surface area contributed by atoms with Gasteiger partial charge in [-0.05, 0) is 30.3 Å². The van der Waals surface area contributed by atoms with Crippen LogP contribution in [-0.2, 0) is 0 Å². The van der Waals surface area contributed by atoms with Crippen LogP contribution in [0.3, 0.4) is 0 Å². The van der Waals surface area contributed by atoms with Crippen LogP contribution >= 0.6 is 11.6 Å². The summed E-state index contributed by atoms with van der Waals surface area (Å²) in [4.78, 5) is 0. The van der Waals surface area contributed by atoms with Crippen LogP contribution in [0.15, 0.2) is 52.7 Å². The van der Waals surface area contributed by atoms with Crippen molar-refractivity contribution in [3.05, 3.63) is 47.5 Å². The SMILES string of the molecule is COc1ccccc1N=Nc1cc(Cl)ccc1O. The van der Waals surface area contributed by atoms with E-state index in [0.717, 1.165) is 0 Å². The highest BCUT2D eigenvalue weighted by molar-refractivity contribution is 6.30. The zero-order chi connectivity index (χ0) is 13.0. The Bertz CT molecular complexity index is 585. The van der Waals surface area contributed by atoms with Crippen molar-refractivity contribution in [2.45, 2.75) is 0 Å². The van der Waals surface area contributed by atoms with Crippen LogP contribution in [0.25, 0.3) is 0 Å². The van der Waals surface area contributed by atoms with Gasteiger partial charge in [0.15, 0.2) is 0 Å². The number of phenols is 1. The highest BCUT2D eigenvalue weighted by Crippen LogP contribution is 2.33. The van der Waals surface area contributed by atoms with Gasteiger partial charge in [-0.1, -0.05) is 23.7 Å². The molecule has 0 fully saturated rings. The molecule has 2 aromatic rings. The van der Waals surface area contributed by atoms with Crippen molar-refractivity contribution >= 4 is 23.0 Å². The number of benzene rings is 2. The topological polar surface area (TPSA) is 54.2 Å². The molecule has 0 heterocycles. The number of hydrogen-bond donors (Lipinski definition) is 1. The number of halogens is 1. The largest absolute Gasteiger partial charge is 0.506 e. The van der Waals surface area contributed by atoms with Crippen LogP contribution in [0.2, 0.25) is 5.02 Å². The summed E-state index contributed by atoms with van der Waals surface area (Å²) in [5.41, 5.74) is 0.896. The van der Waals surface area contributed by atoms with Crippen molar-refractivity contribution < 1.29 is 9.84 Å². The average Bonchev–Trinajstić information content (AvgIpc) is 2.40. The molecule has 0 bridgehead atoms. The van der Waals surface area contributed by atoms with Gasteiger partial charge in [-0.3, -0.25) is 0 Å². The molecule has 0 amide bonds. The van der Waals surface area contributed by atoms with E-state index in [1.54, 1.807) is 25.3 Å². The number of methoxy groups -OCH3 is 1. The van der Waals surface area contributed by atoms with Crippen molar-refractivity contribution in [2.75, 3.05) is 7.11 Å². The summed E-state index contributed by atoms with van der Waals surface area (Å²) in [6.45, 7) is 0. The van der Waals surface area contributed by atoms with E-state index in [1.165, 1.54) is 12.1 Å². The van der Waals surface area contributed by atoms with Crippen LogP contribution in [0.5, 0.6) is 11.5 Å². The lowest BCUT2D eigenvalue weighted by Gasteiger charge is -2.02. The van der Waals surface area contributed by atoms with Gasteiger partial charge in [0.2, 0.25) is 0 Å². The number of para-hydroxylation sites is 1. The van der Waals surface area contributed by atoms with Gasteiger partial charge in [0, 0.05) is 5.02 Å². The third-order valence-electron chi connectivity index (χ3n) is 2.29. The summed E-state index contributed by atoms with van der Waals surface area (Å²) in [7, 11) is 1.56. The first-order chi connectivity index (χ1) is 8.70. The molecular weight excluding hydrogens is 252 g/mol. The Morgan fingerprint density at radius 1 is 1.06 bits per heavy atom. The molecule has 0 aliphatic rings. The number of phenolic OH excluding ortho intramolecular Hbond substituents is 1. The Morgan fingerprint density at radius 2 is 1.78 bits per heavy atom. The maximum Gasteiger partial charge on any atom is 0.146 e. The smallest absolute Gasteiger partial charge is 0.146 e. The Morgan fingerprint density at radius 3 is 2.56 bits per heavy atom. The molecule has 4 nitrogen and oxygen atoms in total. The Hall–Kier alpha value is -2.07. The molecule has 0 aromatic heterocycles. The number of rotatable bonds is 3. The zero-order valence-electron chi connectivity index (χ0n) is 9.67. The monoisotopic (exact) mass is 262 g/mol. The van der Waals surface area contributed by atoms with E-state index in [2.05, 4.69) is 10.2 Å². The number of aromatic hydroxyl groups is 1. The summed E-state index contributed by atoms with van der Waals surface area (Å²) in [6, 6.07) is 11.8. The molecule has 0 spiro atoms. The molecule has 92 valence electrons. The standard InChI is InChI=1S/C13H11ClN2O2/c1-18-13-5-3-2-4-10(13)15-16-11-8-9(14)6-7-12(11)17/h2-8,17H,1H3. The summed E-state index contributed by atoms with van der Waals surface area (Å²) in [5.74, 6) is 0.640. The predicted octanol–water partition coefficient (Wildman–Crippen LogP) is 4.47. The van der Waals surface area contributed by atoms with Crippen LogP contribution < -0.4 is 4.74 Å². The van der Waals surface area contributed by atoms with Gasteiger partial charge >= 0.3 is 0 Å². The van der Waals surface area contributed by atoms with Crippen molar-refractivity contribution in [3.63, 3.8) is 0 Å². The van der Waals surface area contributed by atoms with Gasteiger partial charge in [0.05, 0.1) is 7.11 Å². The van der Waals surface area contributed by atoms with Gasteiger partial charge < -0.3 is 9.84 Å². The van der Waals surface area contributed by atoms with Gasteiger partial charge in [-0.25, -0.2) is 0 Å². The van der Waals surface area contributed by atoms with E-state index in [1.807, 2.05) is 12.1 Å². The highest BCUT2D eigenvalue weighted by atomic mass is 35.5. The van der Waals surface area contributed by atoms with E-state index in [0.29, 0.717) is 22.1 Å². The second-order valence-electron chi connectivity index (χ2n) is 3.50. The lowest BCUT2D eigenvalue weighted by atomic mass is 10.3. The van der Waals surface area contributed by atoms with Crippen LogP contribution in [-0.4, -0.2) is 12.2 Å². The quantitative estimate of drug-likeness (QED) is 0.830. The molecule has 0 unspecified atom stereocenters. The van der Waals surface area contributed by atoms with E-state index >= 15 is 0 Å². The molecule has 0 aliphatic carbocycles. The average molecular weight is 263 g/mol. The fourth-order valence-corrected chi connectivity index (χ4v) is 1.56. The molecule has 0 aliphatic heterocycles. The zero-order valence-corrected chi connectivity index (χ0v) is 10.4. The van der Waals surface area contributed by atoms with E-state index in [-0.39, 0.29) is 5.75 Å². The highest BCUT2D eigenvalue weighted by Gasteiger charge is 2.02. The minimum absolute atomic E-state index is 0.0260. The lowest BCUT2D eigenvalue weighted by molar-refractivity contribution is 0.416. The summed E-state index contributed by atoms with van der Waals surface area (Å²) < 4.78 is 5.15. The van der Waals surface area contributed by atoms with Crippen LogP contribution in [0, 0.1) is 0 Å². The van der Waals surface area contributed by atoms with E-state index in [4.69, 9.17) is 16.3 Å². The number of ether oxygens (including phenoxy) is 1. The first-order valence-corrected chi connectivity index (χ1v) is 5.62. The normalized spacial score (nSPS) is 10.8. The number of hydrogen-bond acceptors (Lipinski definition) is 4. The first kappa shape index (κ1) is 12.4. The maximum absolute atomic E-state index is 9.60. The van der Waals surface area contributed by atoms with Gasteiger partial charge in [-0.2, -0.15) is 0 Å². The lowest BCUT2D eigenvalue weighted by Crippen LogP contribution is -1.81. The van der Waals surface area contributed by atoms with Crippen molar-refractivity contribution in [1.29, 1.82) is 0 Å². The predicted molar refractivity (Wildman–Crippen MR) is 70.3 cm³/mol. The second kappa shape index (κ2) is 5.51. The van der Waals surface area contributed by atoms with Crippen LogP contribution in [0.4, 0.5) is 11.4 Å². The van der Waals surface area contributed by atoms with Gasteiger partial charge in [-0.15, -0.1) is 10.2 Å². The third-order valence-corrected chi connectivity index (χ3v) is 2.52. The maximum atomic E-state index is 9.60. The Labute approximate surface area is 110 Å². The Kier molecular flexibility index (Phi) is 3.79. The van der Waals surface area contributed by atoms with Crippen molar-refractivity contribution in [1.82, 2.24) is 0 Å². The number of nitrogens with zero attached hydrogens (tertiary/aromatic N) is 2. The van der Waals surface area contributed by atoms with Gasteiger partial charge in [0.25, 0.3) is 0 Å². The van der Waals surface area contributed by atoms with E-state index in [9.17, 15) is 5.11 Å². The van der Waals surface area contributed by atoms with Crippen molar-refractivity contribution in [2.24, 2.45) is 10.2 Å². The molecule has 18 heavy (non-hydrogen) atoms. The first-order valence-electron chi connectivity index (χ1n) is 5.24. The molecule has 1 N–H and O–H groups in total.